The van der Waals surface area contributed by atoms with Gasteiger partial charge in [-0.1, -0.05) is 0 Å². The second kappa shape index (κ2) is 4.13. The van der Waals surface area contributed by atoms with E-state index in [-0.39, 0.29) is 10.0 Å². The quantitative estimate of drug-likeness (QED) is 0.651. The van der Waals surface area contributed by atoms with E-state index in [1.165, 1.54) is 6.07 Å². The van der Waals surface area contributed by atoms with Gasteiger partial charge in [0.25, 0.3) is 0 Å². The summed E-state index contributed by atoms with van der Waals surface area (Å²) in [5.74, 6) is 0. The van der Waals surface area contributed by atoms with Crippen molar-refractivity contribution < 1.29 is 8.42 Å². The zero-order valence-corrected chi connectivity index (χ0v) is 9.65. The van der Waals surface area contributed by atoms with Gasteiger partial charge in [-0.2, -0.15) is 0 Å². The molecule has 1 aromatic carbocycles. The summed E-state index contributed by atoms with van der Waals surface area (Å²) in [6.07, 6.45) is 0. The third kappa shape index (κ3) is 3.15. The van der Waals surface area contributed by atoms with Crippen LogP contribution >= 0.6 is 12.2 Å². The molecule has 0 saturated carbocycles. The Morgan fingerprint density at radius 3 is 2.47 bits per heavy atom. The second-order valence-electron chi connectivity index (χ2n) is 3.01. The molecule has 0 bridgehead atoms. The molecule has 0 heterocycles. The van der Waals surface area contributed by atoms with Gasteiger partial charge >= 0.3 is 0 Å². The average Bonchev–Trinajstić information content (AvgIpc) is 1.99. The van der Waals surface area contributed by atoms with Gasteiger partial charge in [0.2, 0.25) is 10.0 Å². The van der Waals surface area contributed by atoms with Crippen LogP contribution in [-0.2, 0) is 10.0 Å². The van der Waals surface area contributed by atoms with Gasteiger partial charge in [0, 0.05) is 5.69 Å². The van der Waals surface area contributed by atoms with E-state index in [0.717, 1.165) is 0 Å². The van der Waals surface area contributed by atoms with E-state index in [4.69, 9.17) is 10.9 Å². The van der Waals surface area contributed by atoms with E-state index in [0.29, 0.717) is 11.3 Å². The monoisotopic (exact) mass is 245 g/mol. The lowest BCUT2D eigenvalue weighted by molar-refractivity contribution is 0.597. The van der Waals surface area contributed by atoms with Gasteiger partial charge in [-0.25, -0.2) is 13.6 Å². The molecular formula is C8H11N3O2S2. The first-order valence-corrected chi connectivity index (χ1v) is 5.96. The van der Waals surface area contributed by atoms with Crippen molar-refractivity contribution >= 4 is 33.0 Å². The number of hydrogen-bond donors (Lipinski definition) is 3. The predicted octanol–water partition coefficient (Wildman–Crippen LogP) is 0.298. The van der Waals surface area contributed by atoms with Crippen LogP contribution in [0.3, 0.4) is 0 Å². The Labute approximate surface area is 93.5 Å². The summed E-state index contributed by atoms with van der Waals surface area (Å²) in [6.45, 7) is 1.64. The SMILES string of the molecule is Cc1cc(NC(N)=S)ccc1S(N)(=O)=O. The van der Waals surface area contributed by atoms with Crippen molar-refractivity contribution in [2.75, 3.05) is 5.32 Å². The Balaban J connectivity index is 3.15. The minimum Gasteiger partial charge on any atom is -0.376 e. The van der Waals surface area contributed by atoms with Crippen LogP contribution in [0.2, 0.25) is 0 Å². The third-order valence-electron chi connectivity index (χ3n) is 1.75. The molecular weight excluding hydrogens is 234 g/mol. The van der Waals surface area contributed by atoms with Crippen LogP contribution < -0.4 is 16.2 Å². The molecule has 82 valence electrons. The predicted molar refractivity (Wildman–Crippen MR) is 63.0 cm³/mol. The highest BCUT2D eigenvalue weighted by atomic mass is 32.2. The molecule has 7 heteroatoms. The zero-order chi connectivity index (χ0) is 11.6. The van der Waals surface area contributed by atoms with Crippen LogP contribution in [0.5, 0.6) is 0 Å². The zero-order valence-electron chi connectivity index (χ0n) is 8.02. The molecule has 0 aliphatic heterocycles. The van der Waals surface area contributed by atoms with Gasteiger partial charge in [0.1, 0.15) is 0 Å². The second-order valence-corrected chi connectivity index (χ2v) is 4.98. The standard InChI is InChI=1S/C8H11N3O2S2/c1-5-4-6(11-8(9)14)2-3-7(5)15(10,12)13/h2-4H,1H3,(H3,9,11,14)(H2,10,12,13). The Bertz CT molecular complexity index is 497. The first-order chi connectivity index (χ1) is 6.80. The molecule has 0 spiro atoms. The van der Waals surface area contributed by atoms with Gasteiger partial charge in [-0.15, -0.1) is 0 Å². The molecule has 0 unspecified atom stereocenters. The van der Waals surface area contributed by atoms with Gasteiger partial charge < -0.3 is 11.1 Å². The highest BCUT2D eigenvalue weighted by Crippen LogP contribution is 2.18. The van der Waals surface area contributed by atoms with Gasteiger partial charge in [-0.05, 0) is 42.9 Å². The number of aryl methyl sites for hydroxylation is 1. The smallest absolute Gasteiger partial charge is 0.238 e. The maximum absolute atomic E-state index is 11.1. The summed E-state index contributed by atoms with van der Waals surface area (Å²) >= 11 is 4.65. The van der Waals surface area contributed by atoms with E-state index in [2.05, 4.69) is 17.5 Å². The summed E-state index contributed by atoms with van der Waals surface area (Å²) in [5.41, 5.74) is 6.45. The van der Waals surface area contributed by atoms with Crippen LogP contribution in [0.4, 0.5) is 5.69 Å². The molecule has 0 aliphatic rings. The van der Waals surface area contributed by atoms with E-state index in [1.807, 2.05) is 0 Å². The number of anilines is 1. The van der Waals surface area contributed by atoms with Crippen molar-refractivity contribution in [1.29, 1.82) is 0 Å². The number of sulfonamides is 1. The number of primary sulfonamides is 1. The minimum atomic E-state index is -3.67. The van der Waals surface area contributed by atoms with Gasteiger partial charge in [0.05, 0.1) is 4.90 Å². The van der Waals surface area contributed by atoms with E-state index in [1.54, 1.807) is 19.1 Å². The molecule has 15 heavy (non-hydrogen) atoms. The maximum atomic E-state index is 11.1. The lowest BCUT2D eigenvalue weighted by atomic mass is 10.2. The Kier molecular flexibility index (Phi) is 3.28. The van der Waals surface area contributed by atoms with Gasteiger partial charge in [0.15, 0.2) is 5.11 Å². The van der Waals surface area contributed by atoms with E-state index in [9.17, 15) is 8.42 Å². The van der Waals surface area contributed by atoms with Crippen molar-refractivity contribution in [2.45, 2.75) is 11.8 Å². The first-order valence-electron chi connectivity index (χ1n) is 4.00. The lowest BCUT2D eigenvalue weighted by Crippen LogP contribution is -2.19. The summed E-state index contributed by atoms with van der Waals surface area (Å²) in [6, 6.07) is 4.57. The lowest BCUT2D eigenvalue weighted by Gasteiger charge is -2.07. The number of thiocarbonyl (C=S) groups is 1. The number of nitrogens with one attached hydrogen (secondary N) is 1. The normalized spacial score (nSPS) is 11.1. The van der Waals surface area contributed by atoms with Crippen molar-refractivity contribution in [1.82, 2.24) is 0 Å². The third-order valence-corrected chi connectivity index (χ3v) is 2.92. The molecule has 5 nitrogen and oxygen atoms in total. The largest absolute Gasteiger partial charge is 0.376 e. The highest BCUT2D eigenvalue weighted by Gasteiger charge is 2.11. The van der Waals surface area contributed by atoms with Crippen LogP contribution in [0.25, 0.3) is 0 Å². The fourth-order valence-electron chi connectivity index (χ4n) is 1.19. The summed E-state index contributed by atoms with van der Waals surface area (Å²) in [4.78, 5) is 0.0935. The highest BCUT2D eigenvalue weighted by molar-refractivity contribution is 7.89. The van der Waals surface area contributed by atoms with Crippen molar-refractivity contribution in [2.24, 2.45) is 10.9 Å². The number of rotatable bonds is 2. The first kappa shape index (κ1) is 11.9. The van der Waals surface area contributed by atoms with E-state index < -0.39 is 10.0 Å². The maximum Gasteiger partial charge on any atom is 0.238 e. The topological polar surface area (TPSA) is 98.2 Å². The molecule has 0 saturated heterocycles. The van der Waals surface area contributed by atoms with E-state index >= 15 is 0 Å². The number of hydrogen-bond acceptors (Lipinski definition) is 3. The summed E-state index contributed by atoms with van der Waals surface area (Å²) in [5, 5.41) is 7.83. The molecule has 1 aromatic rings. The molecule has 5 N–H and O–H groups in total. The van der Waals surface area contributed by atoms with Crippen molar-refractivity contribution in [3.8, 4) is 0 Å². The average molecular weight is 245 g/mol. The molecule has 0 radical (unpaired) electrons. The molecule has 1 rings (SSSR count). The number of benzene rings is 1. The minimum absolute atomic E-state index is 0.0935. The molecule has 0 aromatic heterocycles. The Hall–Kier alpha value is -1.18. The summed E-state index contributed by atoms with van der Waals surface area (Å²) < 4.78 is 22.2. The molecule has 0 fully saturated rings. The molecule has 0 atom stereocenters. The molecule has 0 amide bonds. The van der Waals surface area contributed by atoms with Crippen LogP contribution in [0.15, 0.2) is 23.1 Å². The summed E-state index contributed by atoms with van der Waals surface area (Å²) in [7, 11) is -3.67. The fourth-order valence-corrected chi connectivity index (χ4v) is 2.07. The van der Waals surface area contributed by atoms with Crippen LogP contribution in [-0.4, -0.2) is 13.5 Å². The van der Waals surface area contributed by atoms with Gasteiger partial charge in [-0.3, -0.25) is 0 Å². The van der Waals surface area contributed by atoms with Crippen molar-refractivity contribution in [3.63, 3.8) is 0 Å². The Morgan fingerprint density at radius 2 is 2.07 bits per heavy atom. The van der Waals surface area contributed by atoms with Crippen molar-refractivity contribution in [3.05, 3.63) is 23.8 Å². The Morgan fingerprint density at radius 1 is 1.47 bits per heavy atom. The van der Waals surface area contributed by atoms with Crippen LogP contribution in [0, 0.1) is 6.92 Å². The molecule has 0 aliphatic carbocycles. The fraction of sp³-hybridized carbons (Fsp3) is 0.125. The number of nitrogens with two attached hydrogens (primary N) is 2. The van der Waals surface area contributed by atoms with Crippen LogP contribution in [0.1, 0.15) is 5.56 Å².